The van der Waals surface area contributed by atoms with E-state index in [1.807, 2.05) is 0 Å². The fourth-order valence-electron chi connectivity index (χ4n) is 2.22. The fourth-order valence-corrected chi connectivity index (χ4v) is 2.22. The number of fused-ring (bicyclic) bond motifs is 1. The number of anilines is 1. The summed E-state index contributed by atoms with van der Waals surface area (Å²) in [6.45, 7) is 3.22. The second-order valence-electron chi connectivity index (χ2n) is 5.38. The van der Waals surface area contributed by atoms with E-state index in [0.717, 1.165) is 11.3 Å². The minimum Gasteiger partial charge on any atom is -0.481 e. The molecule has 0 fully saturated rings. The lowest BCUT2D eigenvalue weighted by Gasteiger charge is -2.21. The maximum absolute atomic E-state index is 12.3. The van der Waals surface area contributed by atoms with E-state index in [4.69, 9.17) is 5.11 Å². The first-order valence-corrected chi connectivity index (χ1v) is 5.99. The molecule has 0 aromatic heterocycles. The van der Waals surface area contributed by atoms with Crippen molar-refractivity contribution in [1.82, 2.24) is 0 Å². The molecule has 2 N–H and O–H groups in total. The number of benzene rings is 1. The van der Waals surface area contributed by atoms with Crippen LogP contribution in [0.2, 0.25) is 0 Å². The molecule has 0 spiro atoms. The van der Waals surface area contributed by atoms with Gasteiger partial charge in [0.15, 0.2) is 5.78 Å². The number of hydrogen-bond donors (Lipinski definition) is 2. The molecule has 0 aliphatic carbocycles. The van der Waals surface area contributed by atoms with Crippen LogP contribution in [0.1, 0.15) is 36.2 Å². The summed E-state index contributed by atoms with van der Waals surface area (Å²) in [5, 5.41) is 11.5. The molecule has 0 atom stereocenters. The number of carbonyl (C=O) groups is 3. The van der Waals surface area contributed by atoms with E-state index in [0.29, 0.717) is 5.56 Å². The van der Waals surface area contributed by atoms with Gasteiger partial charge in [-0.3, -0.25) is 14.4 Å². The van der Waals surface area contributed by atoms with Crippen LogP contribution >= 0.6 is 0 Å². The zero-order valence-electron chi connectivity index (χ0n) is 10.8. The number of ketones is 1. The highest BCUT2D eigenvalue weighted by Crippen LogP contribution is 2.30. The Bertz CT molecular complexity index is 575. The third-order valence-corrected chi connectivity index (χ3v) is 3.20. The molecule has 100 valence electrons. The number of amides is 1. The molecule has 1 aliphatic rings. The van der Waals surface area contributed by atoms with Gasteiger partial charge in [-0.15, -0.1) is 0 Å². The van der Waals surface area contributed by atoms with Gasteiger partial charge in [-0.05, 0) is 23.8 Å². The number of hydrogen-bond acceptors (Lipinski definition) is 3. The minimum absolute atomic E-state index is 0.0932. The van der Waals surface area contributed by atoms with Crippen LogP contribution in [0.15, 0.2) is 18.2 Å². The van der Waals surface area contributed by atoms with Crippen molar-refractivity contribution in [3.8, 4) is 0 Å². The topological polar surface area (TPSA) is 83.5 Å². The van der Waals surface area contributed by atoms with E-state index in [9.17, 15) is 14.4 Å². The number of nitrogens with one attached hydrogen (secondary N) is 1. The molecule has 0 unspecified atom stereocenters. The smallest absolute Gasteiger partial charge is 0.304 e. The number of aliphatic carboxylic acids is 1. The molecule has 5 nitrogen and oxygen atoms in total. The van der Waals surface area contributed by atoms with Crippen molar-refractivity contribution < 1.29 is 19.5 Å². The second-order valence-corrected chi connectivity index (χ2v) is 5.38. The lowest BCUT2D eigenvalue weighted by atomic mass is 9.81. The SMILES string of the molecule is CC(C)(CC(=O)O)C(=O)c1ccc2c(c1)CC(=O)N2. The highest BCUT2D eigenvalue weighted by Gasteiger charge is 2.32. The molecular formula is C14H15NO4. The Balaban J connectivity index is 2.28. The zero-order chi connectivity index (χ0) is 14.2. The molecular weight excluding hydrogens is 246 g/mol. The molecule has 1 amide bonds. The molecule has 0 radical (unpaired) electrons. The highest BCUT2D eigenvalue weighted by atomic mass is 16.4. The molecule has 0 saturated carbocycles. The first-order valence-electron chi connectivity index (χ1n) is 5.99. The normalized spacial score (nSPS) is 13.9. The van der Waals surface area contributed by atoms with Crippen LogP contribution in [0.3, 0.4) is 0 Å². The number of carboxylic acids is 1. The third-order valence-electron chi connectivity index (χ3n) is 3.20. The Morgan fingerprint density at radius 3 is 2.68 bits per heavy atom. The van der Waals surface area contributed by atoms with Gasteiger partial charge in [0.05, 0.1) is 12.8 Å². The van der Waals surface area contributed by atoms with Crippen LogP contribution in [0, 0.1) is 5.41 Å². The summed E-state index contributed by atoms with van der Waals surface area (Å²) >= 11 is 0. The van der Waals surface area contributed by atoms with E-state index < -0.39 is 11.4 Å². The van der Waals surface area contributed by atoms with Crippen LogP contribution < -0.4 is 5.32 Å². The molecule has 0 bridgehead atoms. The van der Waals surface area contributed by atoms with Gasteiger partial charge in [0.25, 0.3) is 0 Å². The maximum atomic E-state index is 12.3. The summed E-state index contributed by atoms with van der Waals surface area (Å²) in [6, 6.07) is 4.97. The van der Waals surface area contributed by atoms with E-state index in [1.54, 1.807) is 32.0 Å². The maximum Gasteiger partial charge on any atom is 0.304 e. The lowest BCUT2D eigenvalue weighted by molar-refractivity contribution is -0.138. The second kappa shape index (κ2) is 4.50. The summed E-state index contributed by atoms with van der Waals surface area (Å²) in [6.07, 6.45) is 0.0376. The predicted octanol–water partition coefficient (Wildman–Crippen LogP) is 1.86. The largest absolute Gasteiger partial charge is 0.481 e. The van der Waals surface area contributed by atoms with E-state index in [2.05, 4.69) is 5.32 Å². The van der Waals surface area contributed by atoms with Crippen molar-refractivity contribution in [3.05, 3.63) is 29.3 Å². The number of rotatable bonds is 4. The van der Waals surface area contributed by atoms with Crippen LogP contribution in [0.5, 0.6) is 0 Å². The highest BCUT2D eigenvalue weighted by molar-refractivity contribution is 6.04. The van der Waals surface area contributed by atoms with Crippen LogP contribution in [0.4, 0.5) is 5.69 Å². The molecule has 1 aromatic carbocycles. The number of carbonyl (C=O) groups excluding carboxylic acids is 2. The lowest BCUT2D eigenvalue weighted by Crippen LogP contribution is -2.27. The van der Waals surface area contributed by atoms with Gasteiger partial charge in [0.2, 0.25) is 5.91 Å². The van der Waals surface area contributed by atoms with Gasteiger partial charge in [0, 0.05) is 16.7 Å². The van der Waals surface area contributed by atoms with Gasteiger partial charge >= 0.3 is 5.97 Å². The molecule has 1 aromatic rings. The minimum atomic E-state index is -1.00. The molecule has 19 heavy (non-hydrogen) atoms. The van der Waals surface area contributed by atoms with Crippen LogP contribution in [0.25, 0.3) is 0 Å². The van der Waals surface area contributed by atoms with Crippen molar-refractivity contribution >= 4 is 23.3 Å². The van der Waals surface area contributed by atoms with Gasteiger partial charge in [0.1, 0.15) is 0 Å². The summed E-state index contributed by atoms with van der Waals surface area (Å²) in [7, 11) is 0. The van der Waals surface area contributed by atoms with Gasteiger partial charge < -0.3 is 10.4 Å². The van der Waals surface area contributed by atoms with E-state index >= 15 is 0 Å². The standard InChI is InChI=1S/C14H15NO4/c1-14(2,7-12(17)18)13(19)8-3-4-10-9(5-8)6-11(16)15-10/h3-5H,6-7H2,1-2H3,(H,15,16)(H,17,18). The Labute approximate surface area is 110 Å². The Morgan fingerprint density at radius 2 is 2.05 bits per heavy atom. The van der Waals surface area contributed by atoms with Crippen LogP contribution in [-0.2, 0) is 16.0 Å². The van der Waals surface area contributed by atoms with Crippen molar-refractivity contribution in [2.45, 2.75) is 26.7 Å². The van der Waals surface area contributed by atoms with Gasteiger partial charge in [-0.2, -0.15) is 0 Å². The monoisotopic (exact) mass is 261 g/mol. The molecule has 1 aliphatic heterocycles. The quantitative estimate of drug-likeness (QED) is 0.810. The van der Waals surface area contributed by atoms with E-state index in [1.165, 1.54) is 0 Å². The molecule has 2 rings (SSSR count). The van der Waals surface area contributed by atoms with Crippen LogP contribution in [-0.4, -0.2) is 22.8 Å². The first kappa shape index (κ1) is 13.3. The molecule has 5 heteroatoms. The summed E-state index contributed by atoms with van der Waals surface area (Å²) in [5.41, 5.74) is 0.983. The first-order chi connectivity index (χ1) is 8.79. The Morgan fingerprint density at radius 1 is 1.37 bits per heavy atom. The third kappa shape index (κ3) is 2.65. The summed E-state index contributed by atoms with van der Waals surface area (Å²) in [4.78, 5) is 34.3. The summed E-state index contributed by atoms with van der Waals surface area (Å²) in [5.74, 6) is -1.32. The Kier molecular flexibility index (Phi) is 3.14. The fraction of sp³-hybridized carbons (Fsp3) is 0.357. The van der Waals surface area contributed by atoms with Gasteiger partial charge in [-0.1, -0.05) is 13.8 Å². The predicted molar refractivity (Wildman–Crippen MR) is 69.1 cm³/mol. The number of carboxylic acid groups (broad SMARTS) is 1. The van der Waals surface area contributed by atoms with Crippen molar-refractivity contribution in [2.24, 2.45) is 5.41 Å². The van der Waals surface area contributed by atoms with Crippen molar-refractivity contribution in [1.29, 1.82) is 0 Å². The molecule has 0 saturated heterocycles. The van der Waals surface area contributed by atoms with Crippen molar-refractivity contribution in [2.75, 3.05) is 5.32 Å². The van der Waals surface area contributed by atoms with E-state index in [-0.39, 0.29) is 24.5 Å². The zero-order valence-corrected chi connectivity index (χ0v) is 10.8. The molecule has 1 heterocycles. The average Bonchev–Trinajstić information content (AvgIpc) is 2.65. The average molecular weight is 261 g/mol. The van der Waals surface area contributed by atoms with Gasteiger partial charge in [-0.25, -0.2) is 0 Å². The summed E-state index contributed by atoms with van der Waals surface area (Å²) < 4.78 is 0. The number of Topliss-reactive ketones (excluding diaryl/α,β-unsaturated/α-hetero) is 1. The van der Waals surface area contributed by atoms with Crippen molar-refractivity contribution in [3.63, 3.8) is 0 Å². The Hall–Kier alpha value is -2.17.